The quantitative estimate of drug-likeness (QED) is 0.735. The highest BCUT2D eigenvalue weighted by atomic mass is 35.5. The Balaban J connectivity index is 2.03. The van der Waals surface area contributed by atoms with E-state index in [4.69, 9.17) is 25.8 Å². The molecule has 0 aliphatic carbocycles. The molecule has 0 saturated carbocycles. The maximum Gasteiger partial charge on any atom is 0.169 e. The van der Waals surface area contributed by atoms with Gasteiger partial charge in [0.2, 0.25) is 0 Å². The van der Waals surface area contributed by atoms with Crippen LogP contribution in [0.3, 0.4) is 0 Å². The summed E-state index contributed by atoms with van der Waals surface area (Å²) in [6.07, 6.45) is 1.16. The summed E-state index contributed by atoms with van der Waals surface area (Å²) in [5.74, 6) is -0.834. The monoisotopic (exact) mass is 337 g/mol. The van der Waals surface area contributed by atoms with Gasteiger partial charge in [-0.25, -0.2) is 15.0 Å². The maximum atomic E-state index is 9.27. The summed E-state index contributed by atoms with van der Waals surface area (Å²) in [6.45, 7) is 5.54. The van der Waals surface area contributed by atoms with Crippen LogP contribution in [0.25, 0.3) is 11.2 Å². The Hall–Kier alpha value is -1.79. The zero-order chi connectivity index (χ0) is 16.6. The first-order valence-electron chi connectivity index (χ1n) is 7.11. The van der Waals surface area contributed by atoms with Crippen LogP contribution in [0.1, 0.15) is 27.0 Å². The van der Waals surface area contributed by atoms with Gasteiger partial charge in [0.1, 0.15) is 17.9 Å². The molecule has 0 unspecified atom stereocenters. The molecule has 23 heavy (non-hydrogen) atoms. The van der Waals surface area contributed by atoms with Gasteiger partial charge in [0.05, 0.1) is 19.0 Å². The van der Waals surface area contributed by atoms with Crippen molar-refractivity contribution in [3.05, 3.63) is 17.8 Å². The van der Waals surface area contributed by atoms with Crippen LogP contribution in [0.15, 0.2) is 12.7 Å². The van der Waals surface area contributed by atoms with Crippen molar-refractivity contribution >= 4 is 22.8 Å². The Morgan fingerprint density at radius 3 is 2.91 bits per heavy atom. The second-order valence-corrected chi connectivity index (χ2v) is 6.02. The van der Waals surface area contributed by atoms with Crippen LogP contribution >= 0.6 is 11.6 Å². The Kier molecular flexibility index (Phi) is 4.21. The molecule has 122 valence electrons. The third-order valence-corrected chi connectivity index (χ3v) is 3.77. The minimum Gasteiger partial charge on any atom is -0.347 e. The lowest BCUT2D eigenvalue weighted by molar-refractivity contribution is -0.294. The second kappa shape index (κ2) is 6.02. The third kappa shape index (κ3) is 3.14. The third-order valence-electron chi connectivity index (χ3n) is 3.49. The molecule has 1 aliphatic heterocycles. The zero-order valence-corrected chi connectivity index (χ0v) is 13.7. The number of nitriles is 1. The molecule has 1 saturated heterocycles. The highest BCUT2D eigenvalue weighted by Gasteiger charge is 2.35. The van der Waals surface area contributed by atoms with E-state index in [0.29, 0.717) is 11.2 Å². The van der Waals surface area contributed by atoms with Gasteiger partial charge in [0.15, 0.2) is 28.9 Å². The molecule has 3 atom stereocenters. The topological polar surface area (TPSA) is 95.1 Å². The van der Waals surface area contributed by atoms with E-state index in [1.807, 2.05) is 6.92 Å². The van der Waals surface area contributed by atoms with Crippen molar-refractivity contribution in [3.63, 3.8) is 0 Å². The Labute approximate surface area is 138 Å². The largest absolute Gasteiger partial charge is 0.347 e. The van der Waals surface area contributed by atoms with Crippen molar-refractivity contribution in [2.75, 3.05) is 6.61 Å². The maximum absolute atomic E-state index is 9.27. The van der Waals surface area contributed by atoms with Crippen molar-refractivity contribution in [2.45, 2.75) is 45.0 Å². The van der Waals surface area contributed by atoms with E-state index in [1.165, 1.54) is 6.33 Å². The first-order valence-corrected chi connectivity index (χ1v) is 7.49. The molecule has 1 aliphatic rings. The van der Waals surface area contributed by atoms with Crippen LogP contribution < -0.4 is 0 Å². The summed E-state index contributed by atoms with van der Waals surface area (Å²) in [6, 6.07) is 2.09. The van der Waals surface area contributed by atoms with Gasteiger partial charge in [-0.3, -0.25) is 4.57 Å². The SMILES string of the molecule is C[C@@H]1OC(C)(C)OC[C@@H](C#N)O[C@H]1n1cnc2c(Cl)ncnc21. The minimum absolute atomic E-state index is 0.106. The van der Waals surface area contributed by atoms with E-state index >= 15 is 0 Å². The van der Waals surface area contributed by atoms with E-state index in [0.717, 1.165) is 0 Å². The smallest absolute Gasteiger partial charge is 0.169 e. The van der Waals surface area contributed by atoms with Crippen LogP contribution in [0.5, 0.6) is 0 Å². The molecule has 0 N–H and O–H groups in total. The Morgan fingerprint density at radius 2 is 2.17 bits per heavy atom. The predicted octanol–water partition coefficient (Wildman–Crippen LogP) is 2.06. The van der Waals surface area contributed by atoms with Gasteiger partial charge in [0.25, 0.3) is 0 Å². The van der Waals surface area contributed by atoms with E-state index < -0.39 is 24.2 Å². The number of ether oxygens (including phenoxy) is 3. The van der Waals surface area contributed by atoms with E-state index in [1.54, 1.807) is 24.7 Å². The van der Waals surface area contributed by atoms with Gasteiger partial charge in [0, 0.05) is 0 Å². The summed E-state index contributed by atoms with van der Waals surface area (Å²) in [5, 5.41) is 9.53. The fourth-order valence-corrected chi connectivity index (χ4v) is 2.68. The number of fused-ring (bicyclic) bond motifs is 1. The number of hydrogen-bond donors (Lipinski definition) is 0. The van der Waals surface area contributed by atoms with Gasteiger partial charge in [-0.2, -0.15) is 5.26 Å². The molecule has 3 heterocycles. The minimum atomic E-state index is -0.834. The number of rotatable bonds is 1. The summed E-state index contributed by atoms with van der Waals surface area (Å²) in [4.78, 5) is 12.3. The van der Waals surface area contributed by atoms with Gasteiger partial charge < -0.3 is 14.2 Å². The van der Waals surface area contributed by atoms with Gasteiger partial charge in [-0.05, 0) is 20.8 Å². The predicted molar refractivity (Wildman–Crippen MR) is 80.4 cm³/mol. The molecule has 8 nitrogen and oxygen atoms in total. The summed E-state index contributed by atoms with van der Waals surface area (Å²) in [7, 11) is 0. The van der Waals surface area contributed by atoms with Crippen molar-refractivity contribution < 1.29 is 14.2 Å². The van der Waals surface area contributed by atoms with E-state index in [2.05, 4.69) is 21.0 Å². The molecule has 0 amide bonds. The normalized spacial score (nSPS) is 28.0. The number of imidazole rings is 1. The first-order chi connectivity index (χ1) is 10.9. The van der Waals surface area contributed by atoms with E-state index in [9.17, 15) is 5.26 Å². The molecule has 0 radical (unpaired) electrons. The summed E-state index contributed by atoms with van der Waals surface area (Å²) < 4.78 is 19.0. The lowest BCUT2D eigenvalue weighted by Gasteiger charge is -2.37. The van der Waals surface area contributed by atoms with Gasteiger partial charge in [-0.1, -0.05) is 11.6 Å². The number of aromatic nitrogens is 4. The molecule has 3 rings (SSSR count). The molecule has 2 aromatic rings. The average Bonchev–Trinajstić information content (AvgIpc) is 2.91. The molecule has 2 aromatic heterocycles. The lowest BCUT2D eigenvalue weighted by atomic mass is 10.2. The van der Waals surface area contributed by atoms with Crippen molar-refractivity contribution in [1.82, 2.24) is 19.5 Å². The molecule has 0 spiro atoms. The van der Waals surface area contributed by atoms with Crippen LogP contribution in [-0.4, -0.2) is 44.1 Å². The molecular formula is C14H16ClN5O3. The van der Waals surface area contributed by atoms with E-state index in [-0.39, 0.29) is 11.8 Å². The van der Waals surface area contributed by atoms with Crippen LogP contribution in [0.4, 0.5) is 0 Å². The fraction of sp³-hybridized carbons (Fsp3) is 0.571. The average molecular weight is 338 g/mol. The molecule has 0 aromatic carbocycles. The summed E-state index contributed by atoms with van der Waals surface area (Å²) >= 11 is 6.03. The van der Waals surface area contributed by atoms with Crippen molar-refractivity contribution in [1.29, 1.82) is 5.26 Å². The van der Waals surface area contributed by atoms with Gasteiger partial charge in [-0.15, -0.1) is 0 Å². The summed E-state index contributed by atoms with van der Waals surface area (Å²) in [5.41, 5.74) is 0.984. The molecule has 0 bridgehead atoms. The Bertz CT molecular complexity index is 756. The number of nitrogens with zero attached hydrogens (tertiary/aromatic N) is 5. The molecular weight excluding hydrogens is 322 g/mol. The highest BCUT2D eigenvalue weighted by Crippen LogP contribution is 2.30. The van der Waals surface area contributed by atoms with Crippen molar-refractivity contribution in [2.24, 2.45) is 0 Å². The Morgan fingerprint density at radius 1 is 1.39 bits per heavy atom. The molecule has 1 fully saturated rings. The van der Waals surface area contributed by atoms with Crippen LogP contribution in [-0.2, 0) is 14.2 Å². The van der Waals surface area contributed by atoms with Gasteiger partial charge >= 0.3 is 0 Å². The highest BCUT2D eigenvalue weighted by molar-refractivity contribution is 6.33. The van der Waals surface area contributed by atoms with Crippen molar-refractivity contribution in [3.8, 4) is 6.07 Å². The second-order valence-electron chi connectivity index (χ2n) is 5.67. The standard InChI is InChI=1S/C14H16ClN5O3/c1-8-13(22-9(4-16)5-21-14(2,3)23-8)20-7-19-10-11(15)17-6-18-12(10)20/h6-9,13H,5H2,1-3H3/t8-,9+,13+/m0/s1. The lowest BCUT2D eigenvalue weighted by Crippen LogP contribution is -2.43. The fourth-order valence-electron chi connectivity index (χ4n) is 2.50. The van der Waals surface area contributed by atoms with Crippen LogP contribution in [0.2, 0.25) is 5.15 Å². The molecule has 9 heteroatoms. The first kappa shape index (κ1) is 16.1. The zero-order valence-electron chi connectivity index (χ0n) is 12.9. The van der Waals surface area contributed by atoms with Crippen LogP contribution in [0, 0.1) is 11.3 Å². The number of hydrogen-bond acceptors (Lipinski definition) is 7. The number of halogens is 1.